The van der Waals surface area contributed by atoms with Gasteiger partial charge < -0.3 is 16.2 Å². The zero-order chi connectivity index (χ0) is 20.1. The quantitative estimate of drug-likeness (QED) is 0.453. The Morgan fingerprint density at radius 2 is 1.96 bits per heavy atom. The number of carboxylic acid groups (broad SMARTS) is 1. The van der Waals surface area contributed by atoms with Gasteiger partial charge in [-0.25, -0.2) is 4.79 Å². The number of thioether (sulfide) groups is 1. The predicted molar refractivity (Wildman–Crippen MR) is 105 cm³/mol. The first kappa shape index (κ1) is 20.6. The summed E-state index contributed by atoms with van der Waals surface area (Å²) in [4.78, 5) is 48.0. The van der Waals surface area contributed by atoms with Crippen LogP contribution in [0.3, 0.4) is 0 Å². The van der Waals surface area contributed by atoms with Gasteiger partial charge in [-0.05, 0) is 30.2 Å². The van der Waals surface area contributed by atoms with Crippen LogP contribution >= 0.6 is 24.0 Å². The fourth-order valence-corrected chi connectivity index (χ4v) is 3.39. The number of hydrogen-bond donors (Lipinski definition) is 3. The van der Waals surface area contributed by atoms with E-state index in [4.69, 9.17) is 23.1 Å². The molecule has 1 aliphatic rings. The topological polar surface area (TPSA) is 130 Å². The first-order valence-electron chi connectivity index (χ1n) is 7.82. The van der Waals surface area contributed by atoms with E-state index in [0.717, 1.165) is 0 Å². The number of rotatable bonds is 7. The van der Waals surface area contributed by atoms with Gasteiger partial charge in [-0.2, -0.15) is 0 Å². The monoisotopic (exact) mass is 407 g/mol. The largest absolute Gasteiger partial charge is 0.480 e. The molecular formula is C17H17N3O5S2. The zero-order valence-corrected chi connectivity index (χ0v) is 15.9. The number of aliphatic carboxylic acids is 1. The highest BCUT2D eigenvalue weighted by Crippen LogP contribution is 2.31. The van der Waals surface area contributed by atoms with E-state index in [1.165, 1.54) is 28.8 Å². The summed E-state index contributed by atoms with van der Waals surface area (Å²) >= 11 is 6.26. The molecule has 1 saturated heterocycles. The standard InChI is InChI=1S/C17H17N3O5S2/c1-20-15(23)12(27-17(20)26)8-9-2-4-10(5-3-9)14(22)19-11(16(24)25)6-7-13(18)21/h2-5,8,11H,6-7H2,1H3,(H2,18,21)(H,19,22)(H,24,25)/b12-8+/t11-/m0/s1. The number of nitrogens with two attached hydrogens (primary N) is 1. The lowest BCUT2D eigenvalue weighted by molar-refractivity contribution is -0.139. The second kappa shape index (κ2) is 8.78. The van der Waals surface area contributed by atoms with Gasteiger partial charge in [0, 0.05) is 19.0 Å². The van der Waals surface area contributed by atoms with Crippen LogP contribution in [0.4, 0.5) is 0 Å². The molecule has 8 nitrogen and oxygen atoms in total. The molecule has 1 heterocycles. The number of carboxylic acids is 1. The molecule has 1 aromatic rings. The third-order valence-corrected chi connectivity index (χ3v) is 5.22. The number of carbonyl (C=O) groups is 4. The minimum Gasteiger partial charge on any atom is -0.480 e. The Labute approximate surface area is 164 Å². The average molecular weight is 407 g/mol. The minimum atomic E-state index is -1.25. The molecule has 0 radical (unpaired) electrons. The van der Waals surface area contributed by atoms with Crippen LogP contribution < -0.4 is 11.1 Å². The van der Waals surface area contributed by atoms with Crippen LogP contribution in [0.1, 0.15) is 28.8 Å². The van der Waals surface area contributed by atoms with E-state index in [9.17, 15) is 19.2 Å². The third kappa shape index (κ3) is 5.38. The Hall–Kier alpha value is -2.72. The summed E-state index contributed by atoms with van der Waals surface area (Å²) < 4.78 is 0.470. The van der Waals surface area contributed by atoms with Crippen LogP contribution in [-0.2, 0) is 14.4 Å². The Morgan fingerprint density at radius 3 is 2.44 bits per heavy atom. The van der Waals surface area contributed by atoms with Crippen molar-refractivity contribution in [3.8, 4) is 0 Å². The van der Waals surface area contributed by atoms with Crippen molar-refractivity contribution in [1.29, 1.82) is 0 Å². The Balaban J connectivity index is 2.06. The number of hydrogen-bond acceptors (Lipinski definition) is 6. The van der Waals surface area contributed by atoms with Gasteiger partial charge in [0.1, 0.15) is 10.4 Å². The molecule has 1 aliphatic heterocycles. The van der Waals surface area contributed by atoms with Gasteiger partial charge in [-0.1, -0.05) is 36.1 Å². The number of nitrogens with one attached hydrogen (secondary N) is 1. The van der Waals surface area contributed by atoms with E-state index >= 15 is 0 Å². The maximum Gasteiger partial charge on any atom is 0.326 e. The predicted octanol–water partition coefficient (Wildman–Crippen LogP) is 0.966. The number of primary amides is 1. The van der Waals surface area contributed by atoms with E-state index < -0.39 is 23.8 Å². The van der Waals surface area contributed by atoms with E-state index in [0.29, 0.717) is 14.8 Å². The SMILES string of the molecule is CN1C(=O)/C(=C\c2ccc(C(=O)N[C@@H](CCC(N)=O)C(=O)O)cc2)SC1=S. The van der Waals surface area contributed by atoms with E-state index in [1.54, 1.807) is 25.3 Å². The number of likely N-dealkylation sites (N-methyl/N-ethyl adjacent to an activating group) is 1. The zero-order valence-electron chi connectivity index (χ0n) is 14.3. The first-order chi connectivity index (χ1) is 12.7. The van der Waals surface area contributed by atoms with Gasteiger partial charge in [-0.15, -0.1) is 0 Å². The van der Waals surface area contributed by atoms with Gasteiger partial charge >= 0.3 is 5.97 Å². The van der Waals surface area contributed by atoms with Crippen molar-refractivity contribution in [3.63, 3.8) is 0 Å². The molecule has 2 rings (SSSR count). The highest BCUT2D eigenvalue weighted by Gasteiger charge is 2.28. The number of carbonyl (C=O) groups excluding carboxylic acids is 3. The molecule has 1 aromatic carbocycles. The number of benzene rings is 1. The normalized spacial score (nSPS) is 16.5. The summed E-state index contributed by atoms with van der Waals surface area (Å²) in [7, 11) is 1.60. The van der Waals surface area contributed by atoms with Gasteiger partial charge in [0.05, 0.1) is 4.91 Å². The molecule has 0 saturated carbocycles. The molecule has 0 aromatic heterocycles. The summed E-state index contributed by atoms with van der Waals surface area (Å²) in [5.74, 6) is -2.66. The van der Waals surface area contributed by atoms with Crippen LogP contribution in [0.5, 0.6) is 0 Å². The van der Waals surface area contributed by atoms with Gasteiger partial charge in [-0.3, -0.25) is 19.3 Å². The number of amides is 3. The van der Waals surface area contributed by atoms with Crippen molar-refractivity contribution in [2.45, 2.75) is 18.9 Å². The second-order valence-electron chi connectivity index (χ2n) is 5.73. The lowest BCUT2D eigenvalue weighted by Crippen LogP contribution is -2.41. The molecule has 4 N–H and O–H groups in total. The van der Waals surface area contributed by atoms with Crippen molar-refractivity contribution in [3.05, 3.63) is 40.3 Å². The maximum atomic E-state index is 12.2. The summed E-state index contributed by atoms with van der Waals surface area (Å²) in [6, 6.07) is 5.09. The van der Waals surface area contributed by atoms with Crippen LogP contribution in [-0.4, -0.2) is 51.1 Å². The summed E-state index contributed by atoms with van der Waals surface area (Å²) in [5, 5.41) is 11.5. The highest BCUT2D eigenvalue weighted by molar-refractivity contribution is 8.26. The maximum absolute atomic E-state index is 12.2. The van der Waals surface area contributed by atoms with Crippen molar-refractivity contribution in [2.24, 2.45) is 5.73 Å². The lowest BCUT2D eigenvalue weighted by atomic mass is 10.1. The average Bonchev–Trinajstić information content (AvgIpc) is 2.85. The molecule has 0 bridgehead atoms. The van der Waals surface area contributed by atoms with Crippen molar-refractivity contribution in [1.82, 2.24) is 10.2 Å². The number of nitrogens with zero attached hydrogens (tertiary/aromatic N) is 1. The van der Waals surface area contributed by atoms with Gasteiger partial charge in [0.25, 0.3) is 11.8 Å². The summed E-state index contributed by atoms with van der Waals surface area (Å²) in [5.41, 5.74) is 5.96. The van der Waals surface area contributed by atoms with Crippen LogP contribution in [0.15, 0.2) is 29.2 Å². The van der Waals surface area contributed by atoms with Crippen molar-refractivity contribution >= 4 is 58.1 Å². The lowest BCUT2D eigenvalue weighted by Gasteiger charge is -2.13. The molecule has 142 valence electrons. The smallest absolute Gasteiger partial charge is 0.326 e. The van der Waals surface area contributed by atoms with Gasteiger partial charge in [0.2, 0.25) is 5.91 Å². The Bertz CT molecular complexity index is 835. The van der Waals surface area contributed by atoms with Crippen molar-refractivity contribution < 1.29 is 24.3 Å². The molecular weight excluding hydrogens is 390 g/mol. The first-order valence-corrected chi connectivity index (χ1v) is 9.05. The highest BCUT2D eigenvalue weighted by atomic mass is 32.2. The van der Waals surface area contributed by atoms with E-state index in [2.05, 4.69) is 5.32 Å². The third-order valence-electron chi connectivity index (χ3n) is 3.74. The fourth-order valence-electron chi connectivity index (χ4n) is 2.21. The van der Waals surface area contributed by atoms with E-state index in [1.807, 2.05) is 0 Å². The van der Waals surface area contributed by atoms with E-state index in [-0.39, 0.29) is 24.3 Å². The van der Waals surface area contributed by atoms with Crippen LogP contribution in [0, 0.1) is 0 Å². The molecule has 1 fully saturated rings. The molecule has 1 atom stereocenters. The van der Waals surface area contributed by atoms with Gasteiger partial charge in [0.15, 0.2) is 0 Å². The summed E-state index contributed by atoms with van der Waals surface area (Å²) in [6.45, 7) is 0. The van der Waals surface area contributed by atoms with Crippen LogP contribution in [0.25, 0.3) is 6.08 Å². The van der Waals surface area contributed by atoms with Crippen molar-refractivity contribution in [2.75, 3.05) is 7.05 Å². The Morgan fingerprint density at radius 1 is 1.33 bits per heavy atom. The summed E-state index contributed by atoms with van der Waals surface area (Å²) in [6.07, 6.45) is 1.43. The molecule has 3 amide bonds. The molecule has 0 unspecified atom stereocenters. The van der Waals surface area contributed by atoms with Crippen LogP contribution in [0.2, 0.25) is 0 Å². The fraction of sp³-hybridized carbons (Fsp3) is 0.235. The molecule has 27 heavy (non-hydrogen) atoms. The molecule has 10 heteroatoms. The minimum absolute atomic E-state index is 0.0899. The second-order valence-corrected chi connectivity index (χ2v) is 7.41. The Kier molecular flexibility index (Phi) is 6.70. The molecule has 0 spiro atoms. The number of thiocarbonyl (C=S) groups is 1. The molecule has 0 aliphatic carbocycles.